The average molecular weight is 326 g/mol. The molecule has 0 heterocycles. The Morgan fingerprint density at radius 1 is 1.12 bits per heavy atom. The number of rotatable bonds is 6. The summed E-state index contributed by atoms with van der Waals surface area (Å²) in [6, 6.07) is 13.5. The van der Waals surface area contributed by atoms with E-state index < -0.39 is 0 Å². The van der Waals surface area contributed by atoms with Gasteiger partial charge in [-0.1, -0.05) is 35.5 Å². The van der Waals surface area contributed by atoms with E-state index in [1.165, 1.54) is 7.11 Å². The molecule has 0 bridgehead atoms. The van der Waals surface area contributed by atoms with Crippen LogP contribution in [0.2, 0.25) is 0 Å². The first-order valence-corrected chi connectivity index (χ1v) is 7.67. The van der Waals surface area contributed by atoms with Gasteiger partial charge in [0.25, 0.3) is 5.91 Å². The normalized spacial score (nSPS) is 11.1. The van der Waals surface area contributed by atoms with Gasteiger partial charge in [-0.25, -0.2) is 0 Å². The lowest BCUT2D eigenvalue weighted by molar-refractivity contribution is -0.114. The van der Waals surface area contributed by atoms with E-state index in [0.29, 0.717) is 12.2 Å². The molecule has 0 radical (unpaired) electrons. The largest absolute Gasteiger partial charge is 0.489 e. The highest BCUT2D eigenvalue weighted by molar-refractivity contribution is 6.45. The summed E-state index contributed by atoms with van der Waals surface area (Å²) in [4.78, 5) is 16.9. The zero-order chi connectivity index (χ0) is 17.5. The third kappa shape index (κ3) is 4.35. The first-order chi connectivity index (χ1) is 11.5. The van der Waals surface area contributed by atoms with Crippen LogP contribution in [0.25, 0.3) is 0 Å². The highest BCUT2D eigenvalue weighted by Crippen LogP contribution is 2.19. The summed E-state index contributed by atoms with van der Waals surface area (Å²) in [6.07, 6.45) is 0. The maximum absolute atomic E-state index is 12.1. The highest BCUT2D eigenvalue weighted by atomic mass is 16.6. The minimum atomic E-state index is -0.310. The molecule has 0 unspecified atom stereocenters. The lowest BCUT2D eigenvalue weighted by Gasteiger charge is -2.13. The molecular weight excluding hydrogens is 304 g/mol. The molecule has 2 aromatic rings. The summed E-state index contributed by atoms with van der Waals surface area (Å²) < 4.78 is 5.91. The lowest BCUT2D eigenvalue weighted by atomic mass is 10.0. The lowest BCUT2D eigenvalue weighted by Crippen LogP contribution is -2.29. The second-order valence-electron chi connectivity index (χ2n) is 5.47. The fourth-order valence-electron chi connectivity index (χ4n) is 2.48. The Kier molecular flexibility index (Phi) is 5.95. The molecule has 0 atom stereocenters. The van der Waals surface area contributed by atoms with E-state index in [4.69, 9.17) is 9.57 Å². The number of likely N-dealkylation sites (N-methyl/N-ethyl adjacent to an activating group) is 1. The summed E-state index contributed by atoms with van der Waals surface area (Å²) in [5.41, 5.74) is 4.05. The van der Waals surface area contributed by atoms with Gasteiger partial charge in [0.05, 0.1) is 0 Å². The molecular formula is C19H22N2O3. The number of benzene rings is 2. The summed E-state index contributed by atoms with van der Waals surface area (Å²) in [5.74, 6) is 0.489. The number of nitrogens with zero attached hydrogens (tertiary/aromatic N) is 1. The van der Waals surface area contributed by atoms with Gasteiger partial charge in [0.2, 0.25) is 0 Å². The van der Waals surface area contributed by atoms with Gasteiger partial charge >= 0.3 is 0 Å². The van der Waals surface area contributed by atoms with Crippen molar-refractivity contribution in [3.05, 3.63) is 64.7 Å². The van der Waals surface area contributed by atoms with E-state index in [1.807, 2.05) is 50.2 Å². The van der Waals surface area contributed by atoms with E-state index in [9.17, 15) is 4.79 Å². The molecule has 0 spiro atoms. The Labute approximate surface area is 142 Å². The minimum absolute atomic E-state index is 0.222. The summed E-state index contributed by atoms with van der Waals surface area (Å²) in [7, 11) is 2.97. The molecule has 0 fully saturated rings. The smallest absolute Gasteiger partial charge is 0.273 e. The van der Waals surface area contributed by atoms with Gasteiger partial charge in [-0.15, -0.1) is 0 Å². The molecule has 0 saturated carbocycles. The molecule has 5 nitrogen and oxygen atoms in total. The summed E-state index contributed by atoms with van der Waals surface area (Å²) in [5, 5.41) is 6.43. The van der Waals surface area contributed by atoms with Gasteiger partial charge in [-0.3, -0.25) is 4.79 Å². The number of carbonyl (C=O) groups is 1. The van der Waals surface area contributed by atoms with Gasteiger partial charge in [-0.05, 0) is 42.7 Å². The van der Waals surface area contributed by atoms with Crippen LogP contribution in [0.3, 0.4) is 0 Å². The third-order valence-electron chi connectivity index (χ3n) is 3.49. The van der Waals surface area contributed by atoms with Crippen LogP contribution in [-0.4, -0.2) is 25.8 Å². The molecule has 126 valence electrons. The van der Waals surface area contributed by atoms with Crippen molar-refractivity contribution >= 4 is 11.6 Å². The predicted octanol–water partition coefficient (Wildman–Crippen LogP) is 2.98. The van der Waals surface area contributed by atoms with Crippen LogP contribution < -0.4 is 10.1 Å². The number of amides is 1. The quantitative estimate of drug-likeness (QED) is 0.656. The Morgan fingerprint density at radius 3 is 2.42 bits per heavy atom. The summed E-state index contributed by atoms with van der Waals surface area (Å²) >= 11 is 0. The molecule has 1 N–H and O–H groups in total. The molecule has 0 saturated heterocycles. The first kappa shape index (κ1) is 17.5. The Balaban J connectivity index is 2.28. The van der Waals surface area contributed by atoms with Crippen molar-refractivity contribution < 1.29 is 14.4 Å². The molecule has 0 aliphatic heterocycles. The van der Waals surface area contributed by atoms with Crippen molar-refractivity contribution in [2.45, 2.75) is 20.5 Å². The number of oxime groups is 1. The Morgan fingerprint density at radius 2 is 1.79 bits per heavy atom. The molecule has 0 aromatic heterocycles. The van der Waals surface area contributed by atoms with Crippen molar-refractivity contribution in [2.75, 3.05) is 14.2 Å². The number of ether oxygens (including phenoxy) is 1. The molecule has 24 heavy (non-hydrogen) atoms. The second kappa shape index (κ2) is 8.15. The SMILES string of the molecule is CNC(=O)/C(=N/OC)c1ccccc1COc1cc(C)cc(C)c1. The monoisotopic (exact) mass is 326 g/mol. The molecule has 0 aliphatic rings. The average Bonchev–Trinajstić information content (AvgIpc) is 2.57. The van der Waals surface area contributed by atoms with Gasteiger partial charge in [0.15, 0.2) is 5.71 Å². The molecule has 5 heteroatoms. The number of hydrogen-bond donors (Lipinski definition) is 1. The topological polar surface area (TPSA) is 59.9 Å². The minimum Gasteiger partial charge on any atom is -0.489 e. The third-order valence-corrected chi connectivity index (χ3v) is 3.49. The van der Waals surface area contributed by atoms with Gasteiger partial charge in [0.1, 0.15) is 19.5 Å². The van der Waals surface area contributed by atoms with Crippen molar-refractivity contribution in [3.8, 4) is 5.75 Å². The molecule has 2 rings (SSSR count). The van der Waals surface area contributed by atoms with Crippen LogP contribution in [-0.2, 0) is 16.2 Å². The fourth-order valence-corrected chi connectivity index (χ4v) is 2.48. The maximum atomic E-state index is 12.1. The highest BCUT2D eigenvalue weighted by Gasteiger charge is 2.17. The fraction of sp³-hybridized carbons (Fsp3) is 0.263. The van der Waals surface area contributed by atoms with Crippen molar-refractivity contribution in [3.63, 3.8) is 0 Å². The van der Waals surface area contributed by atoms with Gasteiger partial charge in [-0.2, -0.15) is 0 Å². The summed E-state index contributed by atoms with van der Waals surface area (Å²) in [6.45, 7) is 4.39. The van der Waals surface area contributed by atoms with Crippen LogP contribution in [0.1, 0.15) is 22.3 Å². The predicted molar refractivity (Wildman–Crippen MR) is 94.3 cm³/mol. The van der Waals surface area contributed by atoms with Gasteiger partial charge < -0.3 is 14.9 Å². The number of carbonyl (C=O) groups excluding carboxylic acids is 1. The zero-order valence-electron chi connectivity index (χ0n) is 14.4. The van der Waals surface area contributed by atoms with Gasteiger partial charge in [0, 0.05) is 12.6 Å². The van der Waals surface area contributed by atoms with Crippen LogP contribution in [0.15, 0.2) is 47.6 Å². The maximum Gasteiger partial charge on any atom is 0.273 e. The molecule has 2 aromatic carbocycles. The van der Waals surface area contributed by atoms with Crippen LogP contribution in [0.4, 0.5) is 0 Å². The zero-order valence-corrected chi connectivity index (χ0v) is 14.4. The number of nitrogens with one attached hydrogen (secondary N) is 1. The van der Waals surface area contributed by atoms with Crippen LogP contribution in [0.5, 0.6) is 5.75 Å². The van der Waals surface area contributed by atoms with E-state index in [2.05, 4.69) is 16.5 Å². The van der Waals surface area contributed by atoms with E-state index in [-0.39, 0.29) is 11.6 Å². The van der Waals surface area contributed by atoms with Crippen LogP contribution in [0, 0.1) is 13.8 Å². The molecule has 0 aliphatic carbocycles. The van der Waals surface area contributed by atoms with E-state index >= 15 is 0 Å². The molecule has 1 amide bonds. The van der Waals surface area contributed by atoms with E-state index in [1.54, 1.807) is 7.05 Å². The standard InChI is InChI=1S/C19H22N2O3/c1-13-9-14(2)11-16(10-13)24-12-15-7-5-6-8-17(15)18(21-23-4)19(22)20-3/h5-11H,12H2,1-4H3,(H,20,22)/b21-18+. The second-order valence-corrected chi connectivity index (χ2v) is 5.47. The number of hydrogen-bond acceptors (Lipinski definition) is 4. The van der Waals surface area contributed by atoms with E-state index in [0.717, 1.165) is 22.4 Å². The number of aryl methyl sites for hydroxylation is 2. The Hall–Kier alpha value is -2.82. The first-order valence-electron chi connectivity index (χ1n) is 7.67. The van der Waals surface area contributed by atoms with Crippen molar-refractivity contribution in [2.24, 2.45) is 5.16 Å². The van der Waals surface area contributed by atoms with Crippen LogP contribution >= 0.6 is 0 Å². The van der Waals surface area contributed by atoms with Crippen molar-refractivity contribution in [1.82, 2.24) is 5.32 Å². The Bertz CT molecular complexity index is 734. The van der Waals surface area contributed by atoms with Crippen molar-refractivity contribution in [1.29, 1.82) is 0 Å².